The molecule has 2 aromatic rings. The van der Waals surface area contributed by atoms with Gasteiger partial charge in [0.15, 0.2) is 11.5 Å². The molecule has 1 heterocycles. The van der Waals surface area contributed by atoms with Crippen molar-refractivity contribution in [3.05, 3.63) is 65.2 Å². The van der Waals surface area contributed by atoms with E-state index in [0.717, 1.165) is 24.5 Å². The lowest BCUT2D eigenvalue weighted by atomic mass is 9.91. The number of benzene rings is 2. The second-order valence-corrected chi connectivity index (χ2v) is 5.85. The number of rotatable bonds is 4. The van der Waals surface area contributed by atoms with Gasteiger partial charge in [-0.1, -0.05) is 42.5 Å². The Morgan fingerprint density at radius 2 is 1.74 bits per heavy atom. The normalized spacial score (nSPS) is 18.0. The van der Waals surface area contributed by atoms with Crippen molar-refractivity contribution in [3.8, 4) is 11.5 Å². The highest BCUT2D eigenvalue weighted by Crippen LogP contribution is 2.38. The van der Waals surface area contributed by atoms with E-state index in [2.05, 4.69) is 60.5 Å². The van der Waals surface area contributed by atoms with Crippen LogP contribution in [0.3, 0.4) is 0 Å². The molecule has 3 heteroatoms. The van der Waals surface area contributed by atoms with Crippen molar-refractivity contribution in [1.29, 1.82) is 0 Å². The van der Waals surface area contributed by atoms with Crippen LogP contribution < -0.4 is 9.47 Å². The molecule has 0 saturated carbocycles. The lowest BCUT2D eigenvalue weighted by Gasteiger charge is -2.33. The zero-order chi connectivity index (χ0) is 16.2. The maximum atomic E-state index is 5.48. The average Bonchev–Trinajstić information content (AvgIpc) is 2.60. The van der Waals surface area contributed by atoms with Gasteiger partial charge >= 0.3 is 0 Å². The van der Waals surface area contributed by atoms with Gasteiger partial charge in [-0.05, 0) is 42.3 Å². The van der Waals surface area contributed by atoms with E-state index >= 15 is 0 Å². The van der Waals surface area contributed by atoms with E-state index in [9.17, 15) is 0 Å². The third-order valence-electron chi connectivity index (χ3n) is 4.44. The predicted octanol–water partition coefficient (Wildman–Crippen LogP) is 3.95. The summed E-state index contributed by atoms with van der Waals surface area (Å²) in [6.07, 6.45) is 5.48. The highest BCUT2D eigenvalue weighted by molar-refractivity contribution is 5.54. The van der Waals surface area contributed by atoms with Crippen molar-refractivity contribution >= 4 is 6.08 Å². The molecule has 3 nitrogen and oxygen atoms in total. The number of nitrogens with zero attached hydrogens (tertiary/aromatic N) is 1. The zero-order valence-corrected chi connectivity index (χ0v) is 14.0. The van der Waals surface area contributed by atoms with E-state index in [0.29, 0.717) is 0 Å². The molecular formula is C20H23NO2. The van der Waals surface area contributed by atoms with Gasteiger partial charge in [-0.15, -0.1) is 0 Å². The van der Waals surface area contributed by atoms with Gasteiger partial charge in [-0.25, -0.2) is 0 Å². The van der Waals surface area contributed by atoms with Crippen LogP contribution in [0.5, 0.6) is 11.5 Å². The lowest BCUT2D eigenvalue weighted by molar-refractivity contribution is 0.270. The first-order chi connectivity index (χ1) is 11.2. The van der Waals surface area contributed by atoms with Crippen LogP contribution in [0.1, 0.15) is 22.7 Å². The third-order valence-corrected chi connectivity index (χ3v) is 4.44. The Kier molecular flexibility index (Phi) is 4.68. The first-order valence-electron chi connectivity index (χ1n) is 7.91. The molecule has 2 aromatic carbocycles. The van der Waals surface area contributed by atoms with Crippen molar-refractivity contribution in [2.24, 2.45) is 0 Å². The fourth-order valence-electron chi connectivity index (χ4n) is 3.12. The Morgan fingerprint density at radius 1 is 1.04 bits per heavy atom. The SMILES string of the molecule is COc1cc2c(cc1OC)C(/C=C/c1ccccc1)N(C)CC2. The van der Waals surface area contributed by atoms with Crippen LogP contribution in [-0.2, 0) is 6.42 Å². The molecule has 1 atom stereocenters. The molecule has 120 valence electrons. The van der Waals surface area contributed by atoms with Gasteiger partial charge < -0.3 is 9.47 Å². The van der Waals surface area contributed by atoms with Gasteiger partial charge in [0.05, 0.1) is 20.3 Å². The largest absolute Gasteiger partial charge is 0.493 e. The topological polar surface area (TPSA) is 21.7 Å². The van der Waals surface area contributed by atoms with Crippen LogP contribution in [0.4, 0.5) is 0 Å². The molecule has 0 amide bonds. The molecule has 1 aliphatic rings. The molecule has 0 aromatic heterocycles. The summed E-state index contributed by atoms with van der Waals surface area (Å²) >= 11 is 0. The first-order valence-corrected chi connectivity index (χ1v) is 7.91. The predicted molar refractivity (Wildman–Crippen MR) is 94.1 cm³/mol. The molecule has 1 unspecified atom stereocenters. The molecule has 0 saturated heterocycles. The van der Waals surface area contributed by atoms with E-state index in [4.69, 9.17) is 9.47 Å². The summed E-state index contributed by atoms with van der Waals surface area (Å²) in [5.74, 6) is 1.60. The average molecular weight is 309 g/mol. The molecule has 3 rings (SSSR count). The van der Waals surface area contributed by atoms with Gasteiger partial charge in [0, 0.05) is 6.54 Å². The molecule has 0 N–H and O–H groups in total. The molecule has 1 aliphatic heterocycles. The van der Waals surface area contributed by atoms with Gasteiger partial charge in [0.1, 0.15) is 0 Å². The maximum Gasteiger partial charge on any atom is 0.161 e. The second-order valence-electron chi connectivity index (χ2n) is 5.85. The minimum absolute atomic E-state index is 0.249. The molecule has 23 heavy (non-hydrogen) atoms. The summed E-state index contributed by atoms with van der Waals surface area (Å²) in [5.41, 5.74) is 3.85. The van der Waals surface area contributed by atoms with Crippen molar-refractivity contribution in [3.63, 3.8) is 0 Å². The van der Waals surface area contributed by atoms with Crippen molar-refractivity contribution in [2.75, 3.05) is 27.8 Å². The second kappa shape index (κ2) is 6.88. The summed E-state index contributed by atoms with van der Waals surface area (Å²) in [4.78, 5) is 2.37. The zero-order valence-electron chi connectivity index (χ0n) is 14.0. The smallest absolute Gasteiger partial charge is 0.161 e. The number of fused-ring (bicyclic) bond motifs is 1. The van der Waals surface area contributed by atoms with Gasteiger partial charge in [-0.3, -0.25) is 4.90 Å². The molecule has 0 radical (unpaired) electrons. The Hall–Kier alpha value is -2.26. The number of methoxy groups -OCH3 is 2. The summed E-state index contributed by atoms with van der Waals surface area (Å²) in [5, 5.41) is 0. The summed E-state index contributed by atoms with van der Waals surface area (Å²) < 4.78 is 10.9. The van der Waals surface area contributed by atoms with E-state index in [-0.39, 0.29) is 6.04 Å². The Balaban J connectivity index is 1.97. The van der Waals surface area contributed by atoms with Crippen LogP contribution in [0.25, 0.3) is 6.08 Å². The molecule has 0 spiro atoms. The van der Waals surface area contributed by atoms with Crippen LogP contribution in [0, 0.1) is 0 Å². The van der Waals surface area contributed by atoms with Crippen molar-refractivity contribution in [1.82, 2.24) is 4.90 Å². The fraction of sp³-hybridized carbons (Fsp3) is 0.300. The summed E-state index contributed by atoms with van der Waals surface area (Å²) in [6.45, 7) is 1.03. The quantitative estimate of drug-likeness (QED) is 0.853. The molecule has 0 bridgehead atoms. The number of likely N-dealkylation sites (N-methyl/N-ethyl adjacent to an activating group) is 1. The van der Waals surface area contributed by atoms with Gasteiger partial charge in [0.2, 0.25) is 0 Å². The van der Waals surface area contributed by atoms with Gasteiger partial charge in [-0.2, -0.15) is 0 Å². The van der Waals surface area contributed by atoms with Crippen LogP contribution in [0.2, 0.25) is 0 Å². The highest BCUT2D eigenvalue weighted by Gasteiger charge is 2.24. The Bertz CT molecular complexity index is 694. The van der Waals surface area contributed by atoms with Gasteiger partial charge in [0.25, 0.3) is 0 Å². The molecular weight excluding hydrogens is 286 g/mol. The van der Waals surface area contributed by atoms with Crippen LogP contribution >= 0.6 is 0 Å². The minimum Gasteiger partial charge on any atom is -0.493 e. The lowest BCUT2D eigenvalue weighted by Crippen LogP contribution is -2.31. The van der Waals surface area contributed by atoms with Crippen molar-refractivity contribution in [2.45, 2.75) is 12.5 Å². The fourth-order valence-corrected chi connectivity index (χ4v) is 3.12. The maximum absolute atomic E-state index is 5.48. The summed E-state index contributed by atoms with van der Waals surface area (Å²) in [6, 6.07) is 14.9. The van der Waals surface area contributed by atoms with E-state index < -0.39 is 0 Å². The number of hydrogen-bond acceptors (Lipinski definition) is 3. The minimum atomic E-state index is 0.249. The van der Waals surface area contributed by atoms with E-state index in [1.165, 1.54) is 16.7 Å². The van der Waals surface area contributed by atoms with Crippen molar-refractivity contribution < 1.29 is 9.47 Å². The van der Waals surface area contributed by atoms with E-state index in [1.807, 2.05) is 6.07 Å². The highest BCUT2D eigenvalue weighted by atomic mass is 16.5. The Labute approximate surface area is 138 Å². The van der Waals surface area contributed by atoms with Crippen LogP contribution in [-0.4, -0.2) is 32.7 Å². The molecule has 0 fully saturated rings. The Morgan fingerprint density at radius 3 is 2.43 bits per heavy atom. The van der Waals surface area contributed by atoms with Crippen LogP contribution in [0.15, 0.2) is 48.5 Å². The number of ether oxygens (including phenoxy) is 2. The monoisotopic (exact) mass is 309 g/mol. The summed E-state index contributed by atoms with van der Waals surface area (Å²) in [7, 11) is 5.54. The van der Waals surface area contributed by atoms with E-state index in [1.54, 1.807) is 14.2 Å². The number of hydrogen-bond donors (Lipinski definition) is 0. The molecule has 0 aliphatic carbocycles. The first kappa shape index (κ1) is 15.6. The standard InChI is InChI=1S/C20H23NO2/c1-21-12-11-16-13-19(22-2)20(23-3)14-17(16)18(21)10-9-15-7-5-4-6-8-15/h4-10,13-14,18H,11-12H2,1-3H3/b10-9+. The third kappa shape index (κ3) is 3.25.